The van der Waals surface area contributed by atoms with Gasteiger partial charge in [-0.05, 0) is 25.6 Å². The third-order valence-electron chi connectivity index (χ3n) is 2.54. The Hall–Kier alpha value is -1.60. The van der Waals surface area contributed by atoms with Gasteiger partial charge in [-0.2, -0.15) is 5.26 Å². The Morgan fingerprint density at radius 3 is 2.88 bits per heavy atom. The van der Waals surface area contributed by atoms with Crippen molar-refractivity contribution in [2.75, 3.05) is 25.0 Å². The van der Waals surface area contributed by atoms with Crippen molar-refractivity contribution in [3.63, 3.8) is 0 Å². The highest BCUT2D eigenvalue weighted by molar-refractivity contribution is 5.34. The molecule has 1 rings (SSSR count). The maximum atomic E-state index is 8.59. The Labute approximate surface area is 103 Å². The Kier molecular flexibility index (Phi) is 6.05. The van der Waals surface area contributed by atoms with Gasteiger partial charge < -0.3 is 5.32 Å². The Morgan fingerprint density at radius 2 is 2.24 bits per heavy atom. The third-order valence-corrected chi connectivity index (χ3v) is 2.54. The number of aromatic nitrogens is 1. The molecule has 0 fully saturated rings. The van der Waals surface area contributed by atoms with E-state index in [-0.39, 0.29) is 0 Å². The molecular weight excluding hydrogens is 212 g/mol. The summed E-state index contributed by atoms with van der Waals surface area (Å²) in [5.74, 6) is 0.918. The first-order valence-electron chi connectivity index (χ1n) is 6.09. The predicted molar refractivity (Wildman–Crippen MR) is 69.6 cm³/mol. The van der Waals surface area contributed by atoms with Crippen molar-refractivity contribution < 1.29 is 0 Å². The van der Waals surface area contributed by atoms with E-state index in [0.29, 0.717) is 6.42 Å². The number of anilines is 1. The lowest BCUT2D eigenvalue weighted by atomic mass is 10.3. The molecule has 1 aromatic rings. The second-order valence-electron chi connectivity index (χ2n) is 3.82. The summed E-state index contributed by atoms with van der Waals surface area (Å²) < 4.78 is 0. The molecule has 0 spiro atoms. The van der Waals surface area contributed by atoms with Gasteiger partial charge >= 0.3 is 0 Å². The molecule has 92 valence electrons. The molecule has 1 aromatic heterocycles. The van der Waals surface area contributed by atoms with E-state index in [4.69, 9.17) is 5.26 Å². The Bertz CT molecular complexity index is 370. The van der Waals surface area contributed by atoms with E-state index in [2.05, 4.69) is 35.1 Å². The van der Waals surface area contributed by atoms with E-state index in [1.165, 1.54) is 0 Å². The van der Waals surface area contributed by atoms with Crippen LogP contribution >= 0.6 is 0 Å². The zero-order valence-corrected chi connectivity index (χ0v) is 10.6. The van der Waals surface area contributed by atoms with Crippen molar-refractivity contribution in [3.05, 3.63) is 23.9 Å². The van der Waals surface area contributed by atoms with E-state index in [1.54, 1.807) is 0 Å². The van der Waals surface area contributed by atoms with E-state index >= 15 is 0 Å². The van der Waals surface area contributed by atoms with Gasteiger partial charge in [-0.3, -0.25) is 4.90 Å². The second-order valence-corrected chi connectivity index (χ2v) is 3.82. The molecule has 0 atom stereocenters. The highest BCUT2D eigenvalue weighted by Crippen LogP contribution is 2.07. The van der Waals surface area contributed by atoms with E-state index in [1.807, 2.05) is 18.2 Å². The van der Waals surface area contributed by atoms with Crippen LogP contribution in [0.1, 0.15) is 26.0 Å². The van der Waals surface area contributed by atoms with Crippen LogP contribution < -0.4 is 5.32 Å². The molecule has 0 aliphatic carbocycles. The molecular formula is C13H20N4. The van der Waals surface area contributed by atoms with Gasteiger partial charge in [0.1, 0.15) is 5.82 Å². The average Bonchev–Trinajstić information content (AvgIpc) is 2.35. The maximum absolute atomic E-state index is 8.59. The van der Waals surface area contributed by atoms with Crippen molar-refractivity contribution in [3.8, 4) is 6.07 Å². The van der Waals surface area contributed by atoms with Gasteiger partial charge in [0.25, 0.3) is 0 Å². The summed E-state index contributed by atoms with van der Waals surface area (Å²) in [5, 5.41) is 11.8. The molecule has 0 aliphatic heterocycles. The Balaban J connectivity index is 2.59. The highest BCUT2D eigenvalue weighted by atomic mass is 15.1. The third kappa shape index (κ3) is 4.83. The molecule has 0 aliphatic rings. The molecule has 17 heavy (non-hydrogen) atoms. The van der Waals surface area contributed by atoms with E-state index in [9.17, 15) is 0 Å². The number of pyridine rings is 1. The summed E-state index contributed by atoms with van der Waals surface area (Å²) in [4.78, 5) is 6.75. The fourth-order valence-electron chi connectivity index (χ4n) is 1.63. The number of hydrogen-bond donors (Lipinski definition) is 1. The van der Waals surface area contributed by atoms with Gasteiger partial charge in [-0.1, -0.05) is 13.0 Å². The molecule has 0 radical (unpaired) electrons. The zero-order valence-electron chi connectivity index (χ0n) is 10.6. The van der Waals surface area contributed by atoms with Crippen LogP contribution in [0.4, 0.5) is 5.82 Å². The number of nitrogens with one attached hydrogen (secondary N) is 1. The number of nitriles is 1. The normalized spacial score (nSPS) is 10.2. The van der Waals surface area contributed by atoms with Gasteiger partial charge in [0.2, 0.25) is 0 Å². The van der Waals surface area contributed by atoms with Crippen molar-refractivity contribution in [1.82, 2.24) is 9.88 Å². The molecule has 0 saturated carbocycles. The zero-order chi connectivity index (χ0) is 12.5. The van der Waals surface area contributed by atoms with Crippen molar-refractivity contribution in [2.45, 2.75) is 26.8 Å². The molecule has 0 amide bonds. The molecule has 0 bridgehead atoms. The highest BCUT2D eigenvalue weighted by Gasteiger charge is 2.04. The average molecular weight is 232 g/mol. The van der Waals surface area contributed by atoms with Crippen molar-refractivity contribution in [2.24, 2.45) is 0 Å². The molecule has 0 saturated heterocycles. The number of rotatable bonds is 7. The standard InChI is InChI=1S/C13H20N4/c1-3-15-13-8-5-7-12(16-13)11-17(4-2)10-6-9-14/h5,7-8H,3-4,6,10-11H2,1-2H3,(H,15,16). The summed E-state index contributed by atoms with van der Waals surface area (Å²) >= 11 is 0. The van der Waals surface area contributed by atoms with E-state index < -0.39 is 0 Å². The first-order chi connectivity index (χ1) is 8.30. The lowest BCUT2D eigenvalue weighted by molar-refractivity contribution is 0.283. The predicted octanol–water partition coefficient (Wildman–Crippen LogP) is 2.25. The Morgan fingerprint density at radius 1 is 1.41 bits per heavy atom. The summed E-state index contributed by atoms with van der Waals surface area (Å²) in [6, 6.07) is 8.18. The van der Waals surface area contributed by atoms with Crippen LogP contribution in [0.3, 0.4) is 0 Å². The molecule has 0 unspecified atom stereocenters. The van der Waals surface area contributed by atoms with Crippen molar-refractivity contribution in [1.29, 1.82) is 5.26 Å². The van der Waals surface area contributed by atoms with Crippen LogP contribution in [-0.2, 0) is 6.54 Å². The largest absolute Gasteiger partial charge is 0.370 e. The topological polar surface area (TPSA) is 52.0 Å². The van der Waals surface area contributed by atoms with Gasteiger partial charge in [-0.15, -0.1) is 0 Å². The molecule has 0 aromatic carbocycles. The van der Waals surface area contributed by atoms with Gasteiger partial charge in [0.05, 0.1) is 11.8 Å². The van der Waals surface area contributed by atoms with Gasteiger partial charge in [-0.25, -0.2) is 4.98 Å². The molecule has 1 heterocycles. The fraction of sp³-hybridized carbons (Fsp3) is 0.538. The minimum atomic E-state index is 0.570. The molecule has 4 nitrogen and oxygen atoms in total. The first-order valence-corrected chi connectivity index (χ1v) is 6.09. The molecule has 1 N–H and O–H groups in total. The van der Waals surface area contributed by atoms with Crippen LogP contribution in [-0.4, -0.2) is 29.5 Å². The quantitative estimate of drug-likeness (QED) is 0.783. The lowest BCUT2D eigenvalue weighted by Crippen LogP contribution is -2.24. The summed E-state index contributed by atoms with van der Waals surface area (Å²) in [7, 11) is 0. The van der Waals surface area contributed by atoms with Crippen LogP contribution in [0.5, 0.6) is 0 Å². The van der Waals surface area contributed by atoms with Crippen LogP contribution in [0, 0.1) is 11.3 Å². The van der Waals surface area contributed by atoms with Crippen LogP contribution in [0.2, 0.25) is 0 Å². The van der Waals surface area contributed by atoms with Crippen molar-refractivity contribution >= 4 is 5.82 Å². The molecule has 4 heteroatoms. The number of hydrogen-bond acceptors (Lipinski definition) is 4. The van der Waals surface area contributed by atoms with Crippen LogP contribution in [0.15, 0.2) is 18.2 Å². The first kappa shape index (κ1) is 13.5. The smallest absolute Gasteiger partial charge is 0.126 e. The van der Waals surface area contributed by atoms with Gasteiger partial charge in [0, 0.05) is 26.1 Å². The summed E-state index contributed by atoms with van der Waals surface area (Å²) in [5.41, 5.74) is 1.04. The summed E-state index contributed by atoms with van der Waals surface area (Å²) in [6.45, 7) is 7.58. The fourth-order valence-corrected chi connectivity index (χ4v) is 1.63. The maximum Gasteiger partial charge on any atom is 0.126 e. The second kappa shape index (κ2) is 7.64. The summed E-state index contributed by atoms with van der Waals surface area (Å²) in [6.07, 6.45) is 0.570. The minimum Gasteiger partial charge on any atom is -0.370 e. The van der Waals surface area contributed by atoms with Gasteiger partial charge in [0.15, 0.2) is 0 Å². The van der Waals surface area contributed by atoms with Crippen LogP contribution in [0.25, 0.3) is 0 Å². The minimum absolute atomic E-state index is 0.570. The number of nitrogens with zero attached hydrogens (tertiary/aromatic N) is 3. The SMILES string of the molecule is CCNc1cccc(CN(CC)CCC#N)n1. The monoisotopic (exact) mass is 232 g/mol. The lowest BCUT2D eigenvalue weighted by Gasteiger charge is -2.18. The van der Waals surface area contributed by atoms with E-state index in [0.717, 1.165) is 37.7 Å².